The molecule has 0 N–H and O–H groups in total. The number of nitrogens with zero attached hydrogens (tertiary/aromatic N) is 2. The molecule has 0 aliphatic carbocycles. The Bertz CT molecular complexity index is 927. The zero-order valence-corrected chi connectivity index (χ0v) is 18.5. The molecule has 7 heteroatoms. The van der Waals surface area contributed by atoms with Gasteiger partial charge in [-0.3, -0.25) is 14.5 Å². The van der Waals surface area contributed by atoms with E-state index in [1.807, 2.05) is 30.0 Å². The first-order chi connectivity index (χ1) is 14.5. The van der Waals surface area contributed by atoms with Crippen molar-refractivity contribution in [2.24, 2.45) is 5.92 Å². The molecule has 2 heterocycles. The van der Waals surface area contributed by atoms with Crippen molar-refractivity contribution in [1.29, 1.82) is 0 Å². The summed E-state index contributed by atoms with van der Waals surface area (Å²) in [6.45, 7) is 5.94. The van der Waals surface area contributed by atoms with Gasteiger partial charge in [-0.05, 0) is 80.7 Å². The van der Waals surface area contributed by atoms with Gasteiger partial charge in [0.2, 0.25) is 0 Å². The molecule has 2 aromatic carbocycles. The Labute approximate surface area is 188 Å². The van der Waals surface area contributed by atoms with Crippen LogP contribution in [0.1, 0.15) is 46.0 Å². The van der Waals surface area contributed by atoms with Gasteiger partial charge in [-0.25, -0.2) is 4.39 Å². The summed E-state index contributed by atoms with van der Waals surface area (Å²) in [5.41, 5.74) is 2.36. The van der Waals surface area contributed by atoms with Crippen LogP contribution in [0.2, 0.25) is 0 Å². The lowest BCUT2D eigenvalue weighted by atomic mass is 9.95. The number of fused-ring (bicyclic) bond motifs is 1. The number of benzene rings is 2. The highest BCUT2D eigenvalue weighted by atomic mass is 35.5. The van der Waals surface area contributed by atoms with E-state index in [9.17, 15) is 14.0 Å². The lowest BCUT2D eigenvalue weighted by molar-refractivity contribution is 0.0707. The van der Waals surface area contributed by atoms with Gasteiger partial charge in [0, 0.05) is 24.2 Å². The molecular formula is C24H28ClFN2O3. The second kappa shape index (κ2) is 10.2. The lowest BCUT2D eigenvalue weighted by Gasteiger charge is -2.33. The summed E-state index contributed by atoms with van der Waals surface area (Å²) in [4.78, 5) is 29.3. The predicted octanol–water partition coefficient (Wildman–Crippen LogP) is 4.20. The molecule has 0 aromatic heterocycles. The summed E-state index contributed by atoms with van der Waals surface area (Å²) >= 11 is 0. The second-order valence-corrected chi connectivity index (χ2v) is 8.09. The fraction of sp³-hybridized carbons (Fsp3) is 0.417. The lowest BCUT2D eigenvalue weighted by Crippen LogP contribution is -2.40. The third-order valence-electron chi connectivity index (χ3n) is 5.99. The van der Waals surface area contributed by atoms with E-state index < -0.39 is 0 Å². The number of rotatable bonds is 7. The molecule has 4 rings (SSSR count). The van der Waals surface area contributed by atoms with Gasteiger partial charge in [0.05, 0.1) is 13.2 Å². The first-order valence-corrected chi connectivity index (χ1v) is 10.6. The van der Waals surface area contributed by atoms with Crippen molar-refractivity contribution in [3.8, 4) is 5.75 Å². The Morgan fingerprint density at radius 3 is 2.52 bits per heavy atom. The van der Waals surface area contributed by atoms with Gasteiger partial charge in [0.25, 0.3) is 5.91 Å². The molecule has 1 amide bonds. The Morgan fingerprint density at radius 1 is 1.13 bits per heavy atom. The highest BCUT2D eigenvalue weighted by Crippen LogP contribution is 2.29. The van der Waals surface area contributed by atoms with Crippen LogP contribution in [0.3, 0.4) is 0 Å². The molecule has 1 saturated heterocycles. The number of carbonyl (C=O) groups is 2. The number of hydrogen-bond donors (Lipinski definition) is 0. The fourth-order valence-corrected chi connectivity index (χ4v) is 4.31. The zero-order valence-electron chi connectivity index (χ0n) is 17.7. The number of halogens is 2. The summed E-state index contributed by atoms with van der Waals surface area (Å²) in [6.07, 6.45) is 1.92. The summed E-state index contributed by atoms with van der Waals surface area (Å²) in [5, 5.41) is 0. The van der Waals surface area contributed by atoms with Crippen molar-refractivity contribution >= 4 is 24.1 Å². The van der Waals surface area contributed by atoms with Crippen LogP contribution in [0.25, 0.3) is 0 Å². The van der Waals surface area contributed by atoms with E-state index in [-0.39, 0.29) is 29.9 Å². The molecule has 166 valence electrons. The average molecular weight is 447 g/mol. The first-order valence-electron chi connectivity index (χ1n) is 10.6. The molecule has 0 radical (unpaired) electrons. The SMILES string of the molecule is CCOc1ccc2c(c1)C(=O)N(CC1CCN(CC(=O)c3ccc(F)cc3)CC1)C2.Cl. The molecule has 1 fully saturated rings. The Morgan fingerprint density at radius 2 is 1.84 bits per heavy atom. The molecule has 31 heavy (non-hydrogen) atoms. The Hall–Kier alpha value is -2.44. The van der Waals surface area contributed by atoms with Gasteiger partial charge in [0.1, 0.15) is 11.6 Å². The van der Waals surface area contributed by atoms with Crippen LogP contribution in [0, 0.1) is 11.7 Å². The summed E-state index contributed by atoms with van der Waals surface area (Å²) in [5.74, 6) is 0.946. The van der Waals surface area contributed by atoms with Crippen LogP contribution in [-0.2, 0) is 6.54 Å². The van der Waals surface area contributed by atoms with Gasteiger partial charge >= 0.3 is 0 Å². The maximum atomic E-state index is 13.0. The van der Waals surface area contributed by atoms with E-state index in [0.29, 0.717) is 31.2 Å². The number of ether oxygens (including phenoxy) is 1. The Balaban J connectivity index is 0.00000272. The van der Waals surface area contributed by atoms with Crippen LogP contribution < -0.4 is 4.74 Å². The fourth-order valence-electron chi connectivity index (χ4n) is 4.31. The number of ketones is 1. The number of carbonyl (C=O) groups excluding carboxylic acids is 2. The second-order valence-electron chi connectivity index (χ2n) is 8.09. The van der Waals surface area contributed by atoms with Crippen molar-refractivity contribution in [1.82, 2.24) is 9.80 Å². The zero-order chi connectivity index (χ0) is 21.1. The molecule has 0 spiro atoms. The molecule has 0 atom stereocenters. The van der Waals surface area contributed by atoms with Crippen LogP contribution >= 0.6 is 12.4 Å². The first kappa shape index (κ1) is 23.2. The van der Waals surface area contributed by atoms with E-state index in [1.165, 1.54) is 24.3 Å². The van der Waals surface area contributed by atoms with E-state index in [0.717, 1.165) is 49.4 Å². The number of likely N-dealkylation sites (tertiary alicyclic amines) is 1. The normalized spacial score (nSPS) is 16.7. The van der Waals surface area contributed by atoms with Crippen LogP contribution in [0.4, 0.5) is 4.39 Å². The van der Waals surface area contributed by atoms with Gasteiger partial charge < -0.3 is 9.64 Å². The average Bonchev–Trinajstić information content (AvgIpc) is 3.05. The third kappa shape index (κ3) is 5.43. The van der Waals surface area contributed by atoms with E-state index >= 15 is 0 Å². The largest absolute Gasteiger partial charge is 0.494 e. The molecule has 5 nitrogen and oxygen atoms in total. The summed E-state index contributed by atoms with van der Waals surface area (Å²) < 4.78 is 18.6. The molecule has 2 aliphatic rings. The monoisotopic (exact) mass is 446 g/mol. The van der Waals surface area contributed by atoms with Crippen LogP contribution in [-0.4, -0.2) is 54.3 Å². The van der Waals surface area contributed by atoms with Gasteiger partial charge in [-0.15, -0.1) is 12.4 Å². The molecule has 2 aliphatic heterocycles. The van der Waals surface area contributed by atoms with Crippen molar-refractivity contribution < 1.29 is 18.7 Å². The van der Waals surface area contributed by atoms with Crippen LogP contribution in [0.15, 0.2) is 42.5 Å². The highest BCUT2D eigenvalue weighted by Gasteiger charge is 2.31. The van der Waals surface area contributed by atoms with Gasteiger partial charge in [-0.2, -0.15) is 0 Å². The van der Waals surface area contributed by atoms with Crippen molar-refractivity contribution in [3.05, 3.63) is 65.0 Å². The maximum Gasteiger partial charge on any atom is 0.254 e. The minimum absolute atomic E-state index is 0. The van der Waals surface area contributed by atoms with Crippen LogP contribution in [0.5, 0.6) is 5.75 Å². The number of amides is 1. The highest BCUT2D eigenvalue weighted by molar-refractivity contribution is 5.99. The summed E-state index contributed by atoms with van der Waals surface area (Å²) in [7, 11) is 0. The molecule has 0 bridgehead atoms. The molecule has 0 unspecified atom stereocenters. The molecular weight excluding hydrogens is 419 g/mol. The predicted molar refractivity (Wildman–Crippen MR) is 119 cm³/mol. The standard InChI is InChI=1S/C24H27FN2O3.ClH/c1-2-30-21-8-5-19-15-27(24(29)22(19)13-21)14-17-9-11-26(12-10-17)16-23(28)18-3-6-20(25)7-4-18;/h3-8,13,17H,2,9-12,14-16H2,1H3;1H. The topological polar surface area (TPSA) is 49.9 Å². The molecule has 0 saturated carbocycles. The number of hydrogen-bond acceptors (Lipinski definition) is 4. The third-order valence-corrected chi connectivity index (χ3v) is 5.99. The van der Waals surface area contributed by atoms with Gasteiger partial charge in [-0.1, -0.05) is 6.07 Å². The van der Waals surface area contributed by atoms with E-state index in [1.54, 1.807) is 0 Å². The van der Waals surface area contributed by atoms with E-state index in [2.05, 4.69) is 4.90 Å². The quantitative estimate of drug-likeness (QED) is 0.598. The minimum Gasteiger partial charge on any atom is -0.494 e. The van der Waals surface area contributed by atoms with Crippen molar-refractivity contribution in [3.63, 3.8) is 0 Å². The minimum atomic E-state index is -0.333. The molecule has 2 aromatic rings. The Kier molecular flexibility index (Phi) is 7.68. The maximum absolute atomic E-state index is 13.0. The van der Waals surface area contributed by atoms with E-state index in [4.69, 9.17) is 4.74 Å². The smallest absolute Gasteiger partial charge is 0.254 e. The van der Waals surface area contributed by atoms with Crippen molar-refractivity contribution in [2.45, 2.75) is 26.3 Å². The number of piperidine rings is 1. The number of Topliss-reactive ketones (excluding diaryl/α,β-unsaturated/α-hetero) is 1. The summed E-state index contributed by atoms with van der Waals surface area (Å²) in [6, 6.07) is 11.5. The van der Waals surface area contributed by atoms with Gasteiger partial charge in [0.15, 0.2) is 5.78 Å². The van der Waals surface area contributed by atoms with Crippen molar-refractivity contribution in [2.75, 3.05) is 32.8 Å².